The highest BCUT2D eigenvalue weighted by Gasteiger charge is 2.45. The molecule has 108 valence electrons. The van der Waals surface area contributed by atoms with Crippen LogP contribution in [0.4, 0.5) is 0 Å². The fourth-order valence-electron chi connectivity index (χ4n) is 2.56. The van der Waals surface area contributed by atoms with E-state index in [2.05, 4.69) is 0 Å². The predicted molar refractivity (Wildman–Crippen MR) is 69.7 cm³/mol. The second kappa shape index (κ2) is 7.43. The van der Waals surface area contributed by atoms with Crippen molar-refractivity contribution >= 4 is 0 Å². The van der Waals surface area contributed by atoms with Gasteiger partial charge in [0.25, 0.3) is 0 Å². The van der Waals surface area contributed by atoms with Crippen molar-refractivity contribution in [3.8, 4) is 0 Å². The van der Waals surface area contributed by atoms with E-state index in [1.54, 1.807) is 0 Å². The summed E-state index contributed by atoms with van der Waals surface area (Å²) in [5.41, 5.74) is 0. The van der Waals surface area contributed by atoms with Gasteiger partial charge in [0.2, 0.25) is 11.6 Å². The summed E-state index contributed by atoms with van der Waals surface area (Å²) in [4.78, 5) is 0. The summed E-state index contributed by atoms with van der Waals surface area (Å²) >= 11 is 0. The van der Waals surface area contributed by atoms with Gasteiger partial charge >= 0.3 is 0 Å². The third-order valence-electron chi connectivity index (χ3n) is 3.94. The zero-order chi connectivity index (χ0) is 13.5. The van der Waals surface area contributed by atoms with Gasteiger partial charge in [-0.15, -0.1) is 0 Å². The minimum atomic E-state index is -2.38. The molecule has 0 aromatic heterocycles. The quantitative estimate of drug-likeness (QED) is 0.502. The molecule has 0 aromatic rings. The molecule has 0 bridgehead atoms. The largest absolute Gasteiger partial charge is 0.361 e. The number of rotatable bonds is 0. The third-order valence-corrected chi connectivity index (χ3v) is 3.94. The van der Waals surface area contributed by atoms with Crippen LogP contribution in [0.25, 0.3) is 0 Å². The first-order valence-electron chi connectivity index (χ1n) is 7.35. The van der Waals surface area contributed by atoms with E-state index >= 15 is 0 Å². The summed E-state index contributed by atoms with van der Waals surface area (Å²) in [6.07, 6.45) is 10.2. The van der Waals surface area contributed by atoms with E-state index in [4.69, 9.17) is 0 Å². The molecule has 0 saturated heterocycles. The lowest BCUT2D eigenvalue weighted by atomic mass is 9.93. The van der Waals surface area contributed by atoms with E-state index in [1.807, 2.05) is 0 Å². The molecule has 18 heavy (non-hydrogen) atoms. The first-order chi connectivity index (χ1) is 8.46. The molecule has 1 aliphatic rings. The molecule has 0 atom stereocenters. The maximum Gasteiger partial charge on any atom is 0.218 e. The van der Waals surface area contributed by atoms with Gasteiger partial charge in [0.05, 0.1) is 0 Å². The number of hydrogen-bond donors (Lipinski definition) is 4. The van der Waals surface area contributed by atoms with Crippen molar-refractivity contribution < 1.29 is 20.4 Å². The Hall–Kier alpha value is -0.160. The van der Waals surface area contributed by atoms with Gasteiger partial charge < -0.3 is 20.4 Å². The highest BCUT2D eigenvalue weighted by atomic mass is 16.6. The molecule has 1 aliphatic carbocycles. The molecule has 0 heterocycles. The van der Waals surface area contributed by atoms with Crippen LogP contribution >= 0.6 is 0 Å². The molecule has 0 aliphatic heterocycles. The average molecular weight is 260 g/mol. The molecular formula is C14H28O4. The summed E-state index contributed by atoms with van der Waals surface area (Å²) in [6.45, 7) is 0. The second-order valence-corrected chi connectivity index (χ2v) is 5.67. The van der Waals surface area contributed by atoms with Crippen LogP contribution in [0, 0.1) is 0 Å². The standard InChI is InChI=1S/C14H28O4/c15-13(16)11-9-7-5-3-1-2-4-6-8-10-12-14(13,17)18/h15-18H,1-12H2. The Morgan fingerprint density at radius 3 is 0.889 bits per heavy atom. The summed E-state index contributed by atoms with van der Waals surface area (Å²) in [5, 5.41) is 39.1. The monoisotopic (exact) mass is 260 g/mol. The van der Waals surface area contributed by atoms with Gasteiger partial charge in [-0.3, -0.25) is 0 Å². The van der Waals surface area contributed by atoms with Gasteiger partial charge in [-0.05, 0) is 12.8 Å². The number of hydrogen-bond acceptors (Lipinski definition) is 4. The van der Waals surface area contributed by atoms with Crippen LogP contribution in [0.1, 0.15) is 77.0 Å². The Bertz CT molecular complexity index is 202. The Morgan fingerprint density at radius 2 is 0.611 bits per heavy atom. The zero-order valence-electron chi connectivity index (χ0n) is 11.3. The van der Waals surface area contributed by atoms with E-state index in [-0.39, 0.29) is 12.8 Å². The molecule has 0 spiro atoms. The topological polar surface area (TPSA) is 80.9 Å². The Morgan fingerprint density at radius 1 is 0.389 bits per heavy atom. The van der Waals surface area contributed by atoms with Crippen molar-refractivity contribution in [1.29, 1.82) is 0 Å². The van der Waals surface area contributed by atoms with Gasteiger partial charge in [-0.25, -0.2) is 0 Å². The molecule has 4 N–H and O–H groups in total. The molecule has 4 heteroatoms. The summed E-state index contributed by atoms with van der Waals surface area (Å²) < 4.78 is 0. The van der Waals surface area contributed by atoms with Gasteiger partial charge in [-0.1, -0.05) is 51.4 Å². The van der Waals surface area contributed by atoms with E-state index in [9.17, 15) is 20.4 Å². The van der Waals surface area contributed by atoms with Crippen molar-refractivity contribution in [2.45, 2.75) is 88.6 Å². The van der Waals surface area contributed by atoms with Crippen molar-refractivity contribution in [2.75, 3.05) is 0 Å². The fraction of sp³-hybridized carbons (Fsp3) is 1.00. The smallest absolute Gasteiger partial charge is 0.218 e. The summed E-state index contributed by atoms with van der Waals surface area (Å²) in [5.74, 6) is -4.76. The van der Waals surface area contributed by atoms with Gasteiger partial charge in [0.1, 0.15) is 0 Å². The van der Waals surface area contributed by atoms with E-state index in [0.717, 1.165) is 25.7 Å². The van der Waals surface area contributed by atoms with Crippen LogP contribution < -0.4 is 0 Å². The summed E-state index contributed by atoms with van der Waals surface area (Å²) in [6, 6.07) is 0. The Kier molecular flexibility index (Phi) is 6.57. The minimum absolute atomic E-state index is 0.0278. The zero-order valence-corrected chi connectivity index (χ0v) is 11.3. The second-order valence-electron chi connectivity index (χ2n) is 5.67. The molecule has 4 nitrogen and oxygen atoms in total. The van der Waals surface area contributed by atoms with E-state index in [0.29, 0.717) is 12.8 Å². The molecular weight excluding hydrogens is 232 g/mol. The summed E-state index contributed by atoms with van der Waals surface area (Å²) in [7, 11) is 0. The van der Waals surface area contributed by atoms with Crippen molar-refractivity contribution in [3.05, 3.63) is 0 Å². The maximum absolute atomic E-state index is 9.77. The SMILES string of the molecule is OC1(O)CCCCCCCCCCCCC1(O)O. The van der Waals surface area contributed by atoms with Crippen LogP contribution in [-0.2, 0) is 0 Å². The molecule has 1 fully saturated rings. The maximum atomic E-state index is 9.77. The van der Waals surface area contributed by atoms with Gasteiger partial charge in [-0.2, -0.15) is 0 Å². The highest BCUT2D eigenvalue weighted by molar-refractivity contribution is 4.82. The molecule has 1 rings (SSSR count). The number of aliphatic hydroxyl groups is 4. The van der Waals surface area contributed by atoms with E-state index < -0.39 is 11.6 Å². The van der Waals surface area contributed by atoms with Crippen molar-refractivity contribution in [1.82, 2.24) is 0 Å². The Balaban J connectivity index is 2.48. The molecule has 0 unspecified atom stereocenters. The van der Waals surface area contributed by atoms with Crippen molar-refractivity contribution in [2.24, 2.45) is 0 Å². The van der Waals surface area contributed by atoms with Crippen LogP contribution in [0.5, 0.6) is 0 Å². The van der Waals surface area contributed by atoms with Gasteiger partial charge in [0, 0.05) is 12.8 Å². The average Bonchev–Trinajstić information content (AvgIpc) is 2.29. The molecule has 0 radical (unpaired) electrons. The molecule has 0 amide bonds. The first kappa shape index (κ1) is 15.9. The lowest BCUT2D eigenvalue weighted by Crippen LogP contribution is -2.54. The fourth-order valence-corrected chi connectivity index (χ4v) is 2.56. The van der Waals surface area contributed by atoms with E-state index in [1.165, 1.54) is 25.7 Å². The lowest BCUT2D eigenvalue weighted by molar-refractivity contribution is -0.361. The van der Waals surface area contributed by atoms with Gasteiger partial charge in [0.15, 0.2) is 0 Å². The third kappa shape index (κ3) is 5.22. The first-order valence-corrected chi connectivity index (χ1v) is 7.35. The van der Waals surface area contributed by atoms with Crippen LogP contribution in [0.15, 0.2) is 0 Å². The predicted octanol–water partition coefficient (Wildman–Crippen LogP) is 2.04. The molecule has 1 saturated carbocycles. The normalized spacial score (nSPS) is 27.3. The highest BCUT2D eigenvalue weighted by Crippen LogP contribution is 2.29. The lowest BCUT2D eigenvalue weighted by Gasteiger charge is -2.35. The Labute approximate surface area is 110 Å². The molecule has 0 aromatic carbocycles. The van der Waals surface area contributed by atoms with Crippen LogP contribution in [0.3, 0.4) is 0 Å². The minimum Gasteiger partial charge on any atom is -0.361 e. The van der Waals surface area contributed by atoms with Crippen LogP contribution in [-0.4, -0.2) is 32.0 Å². The van der Waals surface area contributed by atoms with Crippen LogP contribution in [0.2, 0.25) is 0 Å². The van der Waals surface area contributed by atoms with Crippen molar-refractivity contribution in [3.63, 3.8) is 0 Å².